The van der Waals surface area contributed by atoms with Gasteiger partial charge in [-0.15, -0.1) is 0 Å². The topological polar surface area (TPSA) is 53.4 Å². The normalized spacial score (nSPS) is 19.8. The number of aromatic nitrogens is 1. The van der Waals surface area contributed by atoms with Crippen molar-refractivity contribution in [3.05, 3.63) is 64.5 Å². The number of hydrogen-bond donors (Lipinski definition) is 1. The minimum atomic E-state index is -0.728. The monoisotopic (exact) mass is 352 g/mol. The number of nitrogens with zero attached hydrogens (tertiary/aromatic N) is 2. The van der Waals surface area contributed by atoms with E-state index in [2.05, 4.69) is 38.8 Å². The van der Waals surface area contributed by atoms with E-state index in [-0.39, 0.29) is 6.04 Å². The fraction of sp³-hybridized carbons (Fsp3) is 0.300. The van der Waals surface area contributed by atoms with Gasteiger partial charge in [0, 0.05) is 11.6 Å². The molecule has 1 fully saturated rings. The van der Waals surface area contributed by atoms with Crippen molar-refractivity contribution in [2.45, 2.75) is 31.3 Å². The summed E-state index contributed by atoms with van der Waals surface area (Å²) in [5.41, 5.74) is 3.17. The first kappa shape index (κ1) is 16.2. The number of benzene rings is 1. The zero-order chi connectivity index (χ0) is 17.2. The molecule has 4 nitrogen and oxygen atoms in total. The minimum absolute atomic E-state index is 0.0650. The fourth-order valence-corrected chi connectivity index (χ4v) is 4.45. The lowest BCUT2D eigenvalue weighted by molar-refractivity contribution is -0.145. The maximum absolute atomic E-state index is 11.8. The Hall–Kier alpha value is -2.24. The van der Waals surface area contributed by atoms with E-state index in [9.17, 15) is 9.90 Å². The van der Waals surface area contributed by atoms with Crippen LogP contribution < -0.4 is 0 Å². The van der Waals surface area contributed by atoms with Crippen LogP contribution in [0.4, 0.5) is 0 Å². The zero-order valence-electron chi connectivity index (χ0n) is 13.8. The van der Waals surface area contributed by atoms with Gasteiger partial charge in [0.1, 0.15) is 6.04 Å². The van der Waals surface area contributed by atoms with Gasteiger partial charge in [-0.3, -0.25) is 14.7 Å². The molecule has 2 unspecified atom stereocenters. The number of para-hydroxylation sites is 1. The summed E-state index contributed by atoms with van der Waals surface area (Å²) in [5.74, 6) is -0.728. The van der Waals surface area contributed by atoms with E-state index in [4.69, 9.17) is 0 Å². The molecule has 0 bridgehead atoms. The van der Waals surface area contributed by atoms with Crippen molar-refractivity contribution in [2.24, 2.45) is 0 Å². The molecule has 3 aromatic rings. The predicted octanol–water partition coefficient (Wildman–Crippen LogP) is 4.32. The number of carboxylic acids is 1. The molecule has 1 aliphatic rings. The van der Waals surface area contributed by atoms with E-state index >= 15 is 0 Å². The van der Waals surface area contributed by atoms with Crippen LogP contribution in [0.25, 0.3) is 10.9 Å². The molecule has 3 heterocycles. The third-order valence-corrected chi connectivity index (χ3v) is 5.65. The van der Waals surface area contributed by atoms with Crippen LogP contribution in [0.15, 0.2) is 53.4 Å². The molecule has 128 valence electrons. The van der Waals surface area contributed by atoms with E-state index < -0.39 is 12.0 Å². The van der Waals surface area contributed by atoms with Crippen molar-refractivity contribution < 1.29 is 9.90 Å². The van der Waals surface area contributed by atoms with Crippen LogP contribution in [0.1, 0.15) is 36.4 Å². The third-order valence-electron chi connectivity index (χ3n) is 4.95. The molecule has 2 aromatic heterocycles. The molecule has 0 amide bonds. The second-order valence-corrected chi connectivity index (χ2v) is 7.29. The summed E-state index contributed by atoms with van der Waals surface area (Å²) in [7, 11) is 0. The Morgan fingerprint density at radius 3 is 2.92 bits per heavy atom. The SMILES string of the molecule is O=C(O)C1CCCCN1C(c1ccsc1)c1cnc2ccccc2c1. The summed E-state index contributed by atoms with van der Waals surface area (Å²) in [6.45, 7) is 0.796. The maximum atomic E-state index is 11.8. The summed E-state index contributed by atoms with van der Waals surface area (Å²) < 4.78 is 0. The largest absolute Gasteiger partial charge is 0.480 e. The first-order valence-corrected chi connectivity index (χ1v) is 9.53. The molecular weight excluding hydrogens is 332 g/mol. The maximum Gasteiger partial charge on any atom is 0.320 e. The Bertz CT molecular complexity index is 878. The number of carboxylic acid groups (broad SMARTS) is 1. The van der Waals surface area contributed by atoms with Gasteiger partial charge < -0.3 is 5.11 Å². The van der Waals surface area contributed by atoms with Crippen LogP contribution in [0, 0.1) is 0 Å². The highest BCUT2D eigenvalue weighted by molar-refractivity contribution is 7.08. The summed E-state index contributed by atoms with van der Waals surface area (Å²) in [6, 6.07) is 11.8. The van der Waals surface area contributed by atoms with Gasteiger partial charge in [-0.2, -0.15) is 11.3 Å². The van der Waals surface area contributed by atoms with Gasteiger partial charge in [0.25, 0.3) is 0 Å². The van der Waals surface area contributed by atoms with Crippen molar-refractivity contribution in [2.75, 3.05) is 6.54 Å². The quantitative estimate of drug-likeness (QED) is 0.759. The smallest absolute Gasteiger partial charge is 0.320 e. The summed E-state index contributed by atoms with van der Waals surface area (Å²) in [5, 5.41) is 15.0. The molecule has 5 heteroatoms. The fourth-order valence-electron chi connectivity index (χ4n) is 3.77. The van der Waals surface area contributed by atoms with Crippen molar-refractivity contribution in [3.8, 4) is 0 Å². The Morgan fingerprint density at radius 2 is 2.12 bits per heavy atom. The van der Waals surface area contributed by atoms with Gasteiger partial charge in [0.15, 0.2) is 0 Å². The number of carbonyl (C=O) groups is 1. The molecule has 1 aliphatic heterocycles. The second-order valence-electron chi connectivity index (χ2n) is 6.51. The molecule has 0 spiro atoms. The van der Waals surface area contributed by atoms with Gasteiger partial charge in [0.05, 0.1) is 11.6 Å². The van der Waals surface area contributed by atoms with E-state index in [1.54, 1.807) is 11.3 Å². The standard InChI is InChI=1S/C20H20N2O2S/c23-20(24)18-7-3-4-9-22(18)19(15-8-10-25-13-15)16-11-14-5-1-2-6-17(14)21-12-16/h1-2,5-6,8,10-13,18-19H,3-4,7,9H2,(H,23,24). The van der Waals surface area contributed by atoms with E-state index in [0.717, 1.165) is 41.4 Å². The van der Waals surface area contributed by atoms with Gasteiger partial charge in [-0.05, 0) is 59.5 Å². The average Bonchev–Trinajstić information content (AvgIpc) is 3.16. The number of thiophene rings is 1. The molecular formula is C20H20N2O2S. The molecule has 0 radical (unpaired) electrons. The molecule has 0 saturated carbocycles. The highest BCUT2D eigenvalue weighted by Gasteiger charge is 2.35. The van der Waals surface area contributed by atoms with Crippen LogP contribution in [0.5, 0.6) is 0 Å². The number of aliphatic carboxylic acids is 1. The summed E-state index contributed by atoms with van der Waals surface area (Å²) in [4.78, 5) is 18.6. The lowest BCUT2D eigenvalue weighted by atomic mass is 9.93. The van der Waals surface area contributed by atoms with Gasteiger partial charge in [0.2, 0.25) is 0 Å². The van der Waals surface area contributed by atoms with Crippen molar-refractivity contribution in [1.29, 1.82) is 0 Å². The van der Waals surface area contributed by atoms with Gasteiger partial charge >= 0.3 is 5.97 Å². The predicted molar refractivity (Wildman–Crippen MR) is 99.9 cm³/mol. The van der Waals surface area contributed by atoms with Gasteiger partial charge in [-0.1, -0.05) is 24.6 Å². The lowest BCUT2D eigenvalue weighted by Crippen LogP contribution is -2.46. The zero-order valence-corrected chi connectivity index (χ0v) is 14.7. The van der Waals surface area contributed by atoms with E-state index in [0.29, 0.717) is 6.42 Å². The van der Waals surface area contributed by atoms with Crippen molar-refractivity contribution in [1.82, 2.24) is 9.88 Å². The minimum Gasteiger partial charge on any atom is -0.480 e. The highest BCUT2D eigenvalue weighted by atomic mass is 32.1. The molecule has 1 aromatic carbocycles. The average molecular weight is 352 g/mol. The number of rotatable bonds is 4. The Morgan fingerprint density at radius 1 is 1.24 bits per heavy atom. The van der Waals surface area contributed by atoms with Crippen molar-refractivity contribution in [3.63, 3.8) is 0 Å². The molecule has 4 rings (SSSR count). The Labute approximate surface area is 150 Å². The highest BCUT2D eigenvalue weighted by Crippen LogP contribution is 2.35. The second kappa shape index (κ2) is 6.94. The van der Waals surface area contributed by atoms with Crippen LogP contribution in [0.3, 0.4) is 0 Å². The number of hydrogen-bond acceptors (Lipinski definition) is 4. The molecule has 2 atom stereocenters. The van der Waals surface area contributed by atoms with Crippen LogP contribution in [-0.4, -0.2) is 33.5 Å². The molecule has 1 N–H and O–H groups in total. The Balaban J connectivity index is 1.81. The van der Waals surface area contributed by atoms with Crippen molar-refractivity contribution >= 4 is 28.2 Å². The first-order chi connectivity index (χ1) is 12.2. The van der Waals surface area contributed by atoms with Crippen LogP contribution in [0.2, 0.25) is 0 Å². The van der Waals surface area contributed by atoms with Crippen LogP contribution >= 0.6 is 11.3 Å². The van der Waals surface area contributed by atoms with E-state index in [1.807, 2.05) is 24.4 Å². The molecule has 1 saturated heterocycles. The van der Waals surface area contributed by atoms with Gasteiger partial charge in [-0.25, -0.2) is 0 Å². The number of pyridine rings is 1. The third kappa shape index (κ3) is 3.17. The number of piperidine rings is 1. The van der Waals surface area contributed by atoms with E-state index in [1.165, 1.54) is 0 Å². The lowest BCUT2D eigenvalue weighted by Gasteiger charge is -2.39. The molecule has 25 heavy (non-hydrogen) atoms. The number of likely N-dealkylation sites (tertiary alicyclic amines) is 1. The Kier molecular flexibility index (Phi) is 4.51. The summed E-state index contributed by atoms with van der Waals surface area (Å²) >= 11 is 1.65. The number of fused-ring (bicyclic) bond motifs is 1. The van der Waals surface area contributed by atoms with Crippen LogP contribution in [-0.2, 0) is 4.79 Å². The molecule has 0 aliphatic carbocycles. The first-order valence-electron chi connectivity index (χ1n) is 8.59. The summed E-state index contributed by atoms with van der Waals surface area (Å²) in [6.07, 6.45) is 4.61.